The summed E-state index contributed by atoms with van der Waals surface area (Å²) in [4.78, 5) is 34.1. The lowest BCUT2D eigenvalue weighted by molar-refractivity contribution is -0.341. The summed E-state index contributed by atoms with van der Waals surface area (Å²) >= 11 is 0. The number of carbonyl (C=O) groups excluding carboxylic acids is 3. The van der Waals surface area contributed by atoms with Gasteiger partial charge in [-0.15, -0.1) is 0 Å². The van der Waals surface area contributed by atoms with Gasteiger partial charge in [-0.05, 0) is 5.56 Å². The maximum absolute atomic E-state index is 15.0. The molecule has 2 rings (SSSR count). The molecule has 10 heteroatoms. The number of hydrogen-bond donors (Lipinski definition) is 0. The third kappa shape index (κ3) is 6.20. The van der Waals surface area contributed by atoms with E-state index in [-0.39, 0.29) is 6.61 Å². The van der Waals surface area contributed by atoms with E-state index < -0.39 is 55.0 Å². The van der Waals surface area contributed by atoms with Gasteiger partial charge < -0.3 is 23.7 Å². The lowest BCUT2D eigenvalue weighted by atomic mass is 9.97. The van der Waals surface area contributed by atoms with E-state index in [1.807, 2.05) is 0 Å². The molecule has 1 fully saturated rings. The molecule has 0 bridgehead atoms. The minimum Gasteiger partial charge on any atom is -0.452 e. The molecule has 0 radical (unpaired) electrons. The van der Waals surface area contributed by atoms with Gasteiger partial charge in [0.1, 0.15) is 0 Å². The van der Waals surface area contributed by atoms with Gasteiger partial charge in [-0.1, -0.05) is 30.3 Å². The number of alkyl halides is 2. The van der Waals surface area contributed by atoms with Crippen molar-refractivity contribution in [2.75, 3.05) is 6.61 Å². The topological polar surface area (TPSA) is 97.4 Å². The third-order valence-corrected chi connectivity index (χ3v) is 3.93. The summed E-state index contributed by atoms with van der Waals surface area (Å²) in [5, 5.41) is 0. The van der Waals surface area contributed by atoms with Gasteiger partial charge in [0.15, 0.2) is 6.10 Å². The summed E-state index contributed by atoms with van der Waals surface area (Å²) in [6.45, 7) is 2.37. The van der Waals surface area contributed by atoms with Crippen molar-refractivity contribution < 1.29 is 46.8 Å². The minimum absolute atomic E-state index is 0.0284. The van der Waals surface area contributed by atoms with Crippen LogP contribution in [0.5, 0.6) is 0 Å². The van der Waals surface area contributed by atoms with Gasteiger partial charge in [0.05, 0.1) is 13.2 Å². The van der Waals surface area contributed by atoms with Crippen LogP contribution in [0.25, 0.3) is 0 Å². The van der Waals surface area contributed by atoms with Crippen LogP contribution in [0.15, 0.2) is 30.3 Å². The molecule has 1 unspecified atom stereocenters. The summed E-state index contributed by atoms with van der Waals surface area (Å²) in [6, 6.07) is 8.83. The number of hydrogen-bond acceptors (Lipinski definition) is 8. The predicted octanol–water partition coefficient (Wildman–Crippen LogP) is 1.99. The van der Waals surface area contributed by atoms with Gasteiger partial charge in [-0.2, -0.15) is 8.78 Å². The molecule has 0 aliphatic carbocycles. The molecule has 1 saturated heterocycles. The van der Waals surface area contributed by atoms with E-state index in [0.29, 0.717) is 0 Å². The van der Waals surface area contributed by atoms with E-state index >= 15 is 8.78 Å². The van der Waals surface area contributed by atoms with Gasteiger partial charge in [0.25, 0.3) is 0 Å². The Balaban J connectivity index is 2.22. The zero-order chi connectivity index (χ0) is 21.6. The summed E-state index contributed by atoms with van der Waals surface area (Å²) in [7, 11) is 0. The molecule has 1 aliphatic heterocycles. The molecule has 1 aliphatic rings. The molecular weight excluding hydrogens is 394 g/mol. The molecule has 0 spiro atoms. The Morgan fingerprint density at radius 2 is 1.55 bits per heavy atom. The highest BCUT2D eigenvalue weighted by Gasteiger charge is 2.63. The second-order valence-corrected chi connectivity index (χ2v) is 6.38. The number of carbonyl (C=O) groups is 3. The molecule has 1 aromatic carbocycles. The maximum Gasteiger partial charge on any atom is 0.316 e. The molecule has 1 heterocycles. The number of ether oxygens (including phenoxy) is 5. The van der Waals surface area contributed by atoms with Crippen LogP contribution in [-0.4, -0.2) is 55.0 Å². The van der Waals surface area contributed by atoms with Crippen LogP contribution < -0.4 is 0 Å². The standard InChI is InChI=1S/C19H22F2O8/c1-11(22)26-16-17(27-12(2)23)19(20,21)15(29-18(16)28-13(3)24)10-25-9-14-7-5-4-6-8-14/h4-8,15-18H,9-10H2,1-3H3/t15-,16-,17-,18?/m1/s1. The van der Waals surface area contributed by atoms with Crippen LogP contribution in [0, 0.1) is 0 Å². The molecule has 0 saturated carbocycles. The van der Waals surface area contributed by atoms with E-state index in [9.17, 15) is 14.4 Å². The Morgan fingerprint density at radius 1 is 0.966 bits per heavy atom. The highest BCUT2D eigenvalue weighted by Crippen LogP contribution is 2.39. The first-order valence-electron chi connectivity index (χ1n) is 8.78. The average Bonchev–Trinajstić information content (AvgIpc) is 2.62. The highest BCUT2D eigenvalue weighted by molar-refractivity contribution is 5.68. The van der Waals surface area contributed by atoms with Crippen LogP contribution in [0.4, 0.5) is 8.78 Å². The van der Waals surface area contributed by atoms with Crippen molar-refractivity contribution in [2.45, 2.75) is 57.9 Å². The van der Waals surface area contributed by atoms with Gasteiger partial charge in [0, 0.05) is 20.8 Å². The molecular formula is C19H22F2O8. The number of esters is 3. The smallest absolute Gasteiger partial charge is 0.316 e. The number of rotatable bonds is 7. The van der Waals surface area contributed by atoms with E-state index in [1.165, 1.54) is 0 Å². The van der Waals surface area contributed by atoms with E-state index in [1.54, 1.807) is 30.3 Å². The van der Waals surface area contributed by atoms with Crippen molar-refractivity contribution in [3.63, 3.8) is 0 Å². The van der Waals surface area contributed by atoms with E-state index in [0.717, 1.165) is 26.3 Å². The molecule has 0 amide bonds. The second-order valence-electron chi connectivity index (χ2n) is 6.38. The lowest BCUT2D eigenvalue weighted by Crippen LogP contribution is -2.65. The molecule has 4 atom stereocenters. The zero-order valence-corrected chi connectivity index (χ0v) is 16.1. The fraction of sp³-hybridized carbons (Fsp3) is 0.526. The van der Waals surface area contributed by atoms with Crippen molar-refractivity contribution >= 4 is 17.9 Å². The first-order chi connectivity index (χ1) is 13.6. The van der Waals surface area contributed by atoms with Gasteiger partial charge >= 0.3 is 23.8 Å². The van der Waals surface area contributed by atoms with Gasteiger partial charge in [-0.3, -0.25) is 14.4 Å². The largest absolute Gasteiger partial charge is 0.452 e. The number of halogens is 2. The maximum atomic E-state index is 15.0. The Hall–Kier alpha value is -2.59. The first-order valence-corrected chi connectivity index (χ1v) is 8.78. The molecule has 160 valence electrons. The summed E-state index contributed by atoms with van der Waals surface area (Å²) in [6.07, 6.45) is -7.70. The van der Waals surface area contributed by atoms with Crippen molar-refractivity contribution in [1.29, 1.82) is 0 Å². The molecule has 0 aromatic heterocycles. The summed E-state index contributed by atoms with van der Waals surface area (Å²) < 4.78 is 55.0. The fourth-order valence-electron chi connectivity index (χ4n) is 2.78. The molecule has 1 aromatic rings. The lowest BCUT2D eigenvalue weighted by Gasteiger charge is -2.44. The van der Waals surface area contributed by atoms with E-state index in [2.05, 4.69) is 0 Å². The van der Waals surface area contributed by atoms with E-state index in [4.69, 9.17) is 23.7 Å². The van der Waals surface area contributed by atoms with Crippen LogP contribution in [0.2, 0.25) is 0 Å². The van der Waals surface area contributed by atoms with Crippen molar-refractivity contribution in [3.05, 3.63) is 35.9 Å². The zero-order valence-electron chi connectivity index (χ0n) is 16.1. The Kier molecular flexibility index (Phi) is 7.63. The normalized spacial score (nSPS) is 25.7. The van der Waals surface area contributed by atoms with Crippen molar-refractivity contribution in [3.8, 4) is 0 Å². The quantitative estimate of drug-likeness (QED) is 0.492. The number of benzene rings is 1. The molecule has 0 N–H and O–H groups in total. The molecule has 29 heavy (non-hydrogen) atoms. The van der Waals surface area contributed by atoms with Crippen LogP contribution in [-0.2, 0) is 44.7 Å². The van der Waals surface area contributed by atoms with Gasteiger partial charge in [0.2, 0.25) is 18.5 Å². The molecule has 8 nitrogen and oxygen atoms in total. The first kappa shape index (κ1) is 22.7. The Labute approximate surface area is 166 Å². The van der Waals surface area contributed by atoms with Crippen LogP contribution in [0.3, 0.4) is 0 Å². The third-order valence-electron chi connectivity index (χ3n) is 3.93. The van der Waals surface area contributed by atoms with Crippen LogP contribution >= 0.6 is 0 Å². The summed E-state index contributed by atoms with van der Waals surface area (Å²) in [5.74, 6) is -6.62. The average molecular weight is 416 g/mol. The van der Waals surface area contributed by atoms with Crippen LogP contribution in [0.1, 0.15) is 26.3 Å². The van der Waals surface area contributed by atoms with Gasteiger partial charge in [-0.25, -0.2) is 0 Å². The van der Waals surface area contributed by atoms with Crippen molar-refractivity contribution in [2.24, 2.45) is 0 Å². The monoisotopic (exact) mass is 416 g/mol. The Bertz CT molecular complexity index is 724. The SMILES string of the molecule is CC(=O)OC1O[C@H](COCc2ccccc2)C(F)(F)[C@H](OC(C)=O)[C@H]1OC(C)=O. The summed E-state index contributed by atoms with van der Waals surface area (Å²) in [5.41, 5.74) is 0.748. The highest BCUT2D eigenvalue weighted by atomic mass is 19.3. The second kappa shape index (κ2) is 9.75. The minimum atomic E-state index is -3.79. The Morgan fingerprint density at radius 3 is 2.10 bits per heavy atom. The predicted molar refractivity (Wildman–Crippen MR) is 92.6 cm³/mol. The fourth-order valence-corrected chi connectivity index (χ4v) is 2.78. The van der Waals surface area contributed by atoms with Crippen molar-refractivity contribution in [1.82, 2.24) is 0 Å².